The normalized spacial score (nSPS) is 13.9. The number of anilines is 1. The predicted molar refractivity (Wildman–Crippen MR) is 113 cm³/mol. The summed E-state index contributed by atoms with van der Waals surface area (Å²) < 4.78 is 5.40. The molecule has 0 bridgehead atoms. The van der Waals surface area contributed by atoms with E-state index in [4.69, 9.17) is 16.3 Å². The molecule has 0 aliphatic carbocycles. The van der Waals surface area contributed by atoms with Crippen molar-refractivity contribution in [3.8, 4) is 11.3 Å². The molecule has 0 saturated carbocycles. The van der Waals surface area contributed by atoms with Crippen LogP contribution in [-0.2, 0) is 11.3 Å². The van der Waals surface area contributed by atoms with Crippen molar-refractivity contribution in [2.75, 3.05) is 31.2 Å². The fraction of sp³-hybridized carbons (Fsp3) is 0.227. The molecule has 2 heterocycles. The zero-order valence-electron chi connectivity index (χ0n) is 15.8. The van der Waals surface area contributed by atoms with Crippen molar-refractivity contribution < 1.29 is 9.53 Å². The van der Waals surface area contributed by atoms with Crippen LogP contribution in [0.3, 0.4) is 0 Å². The van der Waals surface area contributed by atoms with Crippen molar-refractivity contribution in [3.05, 3.63) is 77.1 Å². The number of nitrogens with zero attached hydrogens (tertiary/aromatic N) is 3. The molecule has 6 nitrogen and oxygen atoms in total. The summed E-state index contributed by atoms with van der Waals surface area (Å²) in [6, 6.07) is 16.8. The number of ether oxygens (including phenoxy) is 1. The van der Waals surface area contributed by atoms with Crippen LogP contribution in [0.1, 0.15) is 15.9 Å². The number of carbonyl (C=O) groups excluding carboxylic acids is 1. The maximum Gasteiger partial charge on any atom is 0.251 e. The molecule has 1 aliphatic heterocycles. The van der Waals surface area contributed by atoms with Gasteiger partial charge in [0.05, 0.1) is 18.9 Å². The molecule has 2 aromatic carbocycles. The summed E-state index contributed by atoms with van der Waals surface area (Å²) in [5.74, 6) is 0.770. The summed E-state index contributed by atoms with van der Waals surface area (Å²) in [5, 5.41) is 3.60. The maximum atomic E-state index is 12.4. The van der Waals surface area contributed by atoms with Crippen LogP contribution in [0.4, 0.5) is 5.82 Å². The molecule has 1 fully saturated rings. The van der Waals surface area contributed by atoms with Gasteiger partial charge in [0.1, 0.15) is 12.1 Å². The van der Waals surface area contributed by atoms with Crippen molar-refractivity contribution in [1.29, 1.82) is 0 Å². The summed E-state index contributed by atoms with van der Waals surface area (Å²) in [5.41, 5.74) is 3.37. The van der Waals surface area contributed by atoms with E-state index in [2.05, 4.69) is 20.2 Å². The molecule has 29 heavy (non-hydrogen) atoms. The summed E-state index contributed by atoms with van der Waals surface area (Å²) in [6.07, 6.45) is 1.58. The Labute approximate surface area is 174 Å². The summed E-state index contributed by atoms with van der Waals surface area (Å²) >= 11 is 5.88. The lowest BCUT2D eigenvalue weighted by Gasteiger charge is -2.27. The van der Waals surface area contributed by atoms with E-state index in [9.17, 15) is 4.79 Å². The zero-order valence-corrected chi connectivity index (χ0v) is 16.6. The monoisotopic (exact) mass is 408 g/mol. The molecule has 0 atom stereocenters. The highest BCUT2D eigenvalue weighted by atomic mass is 35.5. The maximum absolute atomic E-state index is 12.4. The van der Waals surface area contributed by atoms with E-state index in [1.165, 1.54) is 0 Å². The van der Waals surface area contributed by atoms with Gasteiger partial charge in [0.2, 0.25) is 0 Å². The number of benzene rings is 2. The SMILES string of the molecule is O=C(NCc1ccc(Cl)cc1)c1ccc(-c2cc(N3CCOCC3)ncn2)cc1. The molecule has 0 spiro atoms. The Morgan fingerprint density at radius 2 is 1.76 bits per heavy atom. The van der Waals surface area contributed by atoms with Gasteiger partial charge in [-0.2, -0.15) is 0 Å². The molecule has 1 saturated heterocycles. The smallest absolute Gasteiger partial charge is 0.251 e. The minimum absolute atomic E-state index is 0.122. The molecule has 0 unspecified atom stereocenters. The van der Waals surface area contributed by atoms with E-state index in [1.54, 1.807) is 6.33 Å². The molecule has 3 aromatic rings. The van der Waals surface area contributed by atoms with E-state index >= 15 is 0 Å². The minimum Gasteiger partial charge on any atom is -0.378 e. The molecular formula is C22H21ClN4O2. The third-order valence-electron chi connectivity index (χ3n) is 4.80. The summed E-state index contributed by atoms with van der Waals surface area (Å²) in [6.45, 7) is 3.51. The van der Waals surface area contributed by atoms with Gasteiger partial charge in [-0.05, 0) is 29.8 Å². The second kappa shape index (κ2) is 9.03. The van der Waals surface area contributed by atoms with E-state index in [0.29, 0.717) is 30.3 Å². The molecule has 1 aromatic heterocycles. The van der Waals surface area contributed by atoms with Crippen molar-refractivity contribution in [2.45, 2.75) is 6.54 Å². The third-order valence-corrected chi connectivity index (χ3v) is 5.05. The summed E-state index contributed by atoms with van der Waals surface area (Å²) in [7, 11) is 0. The molecule has 4 rings (SSSR count). The van der Waals surface area contributed by atoms with Crippen molar-refractivity contribution in [3.63, 3.8) is 0 Å². The number of hydrogen-bond donors (Lipinski definition) is 1. The fourth-order valence-electron chi connectivity index (χ4n) is 3.15. The third kappa shape index (κ3) is 4.91. The van der Waals surface area contributed by atoms with Crippen LogP contribution in [0.2, 0.25) is 5.02 Å². The average molecular weight is 409 g/mol. The van der Waals surface area contributed by atoms with Crippen LogP contribution < -0.4 is 10.2 Å². The number of rotatable bonds is 5. The van der Waals surface area contributed by atoms with Crippen LogP contribution in [0.5, 0.6) is 0 Å². The van der Waals surface area contributed by atoms with Crippen molar-refractivity contribution in [1.82, 2.24) is 15.3 Å². The highest BCUT2D eigenvalue weighted by Crippen LogP contribution is 2.22. The number of halogens is 1. The summed E-state index contributed by atoms with van der Waals surface area (Å²) in [4.78, 5) is 23.4. The Morgan fingerprint density at radius 3 is 2.48 bits per heavy atom. The molecule has 1 aliphatic rings. The Kier molecular flexibility index (Phi) is 6.03. The van der Waals surface area contributed by atoms with Gasteiger partial charge < -0.3 is 15.0 Å². The zero-order chi connectivity index (χ0) is 20.1. The Morgan fingerprint density at radius 1 is 1.03 bits per heavy atom. The lowest BCUT2D eigenvalue weighted by molar-refractivity contribution is 0.0951. The van der Waals surface area contributed by atoms with Gasteiger partial charge in [0.15, 0.2) is 0 Å². The predicted octanol–water partition coefficient (Wildman–Crippen LogP) is 3.56. The van der Waals surface area contributed by atoms with Crippen LogP contribution in [0.25, 0.3) is 11.3 Å². The van der Waals surface area contributed by atoms with E-state index < -0.39 is 0 Å². The lowest BCUT2D eigenvalue weighted by Crippen LogP contribution is -2.36. The highest BCUT2D eigenvalue weighted by molar-refractivity contribution is 6.30. The number of morpholine rings is 1. The molecule has 148 valence electrons. The largest absolute Gasteiger partial charge is 0.378 e. The van der Waals surface area contributed by atoms with Gasteiger partial charge in [-0.15, -0.1) is 0 Å². The van der Waals surface area contributed by atoms with Gasteiger partial charge >= 0.3 is 0 Å². The Bertz CT molecular complexity index is 971. The first-order chi connectivity index (χ1) is 14.2. The lowest BCUT2D eigenvalue weighted by atomic mass is 10.1. The first-order valence-corrected chi connectivity index (χ1v) is 9.85. The van der Waals surface area contributed by atoms with Crippen LogP contribution in [0, 0.1) is 0 Å². The average Bonchev–Trinajstić information content (AvgIpc) is 2.79. The highest BCUT2D eigenvalue weighted by Gasteiger charge is 2.14. The van der Waals surface area contributed by atoms with Crippen LogP contribution in [-0.4, -0.2) is 42.2 Å². The quantitative estimate of drug-likeness (QED) is 0.699. The van der Waals surface area contributed by atoms with Gasteiger partial charge in [-0.1, -0.05) is 35.9 Å². The molecule has 0 radical (unpaired) electrons. The first kappa shape index (κ1) is 19.4. The van der Waals surface area contributed by atoms with E-state index in [-0.39, 0.29) is 5.91 Å². The number of carbonyl (C=O) groups is 1. The molecule has 1 N–H and O–H groups in total. The van der Waals surface area contributed by atoms with Gasteiger partial charge in [-0.3, -0.25) is 4.79 Å². The van der Waals surface area contributed by atoms with E-state index in [1.807, 2.05) is 54.6 Å². The number of hydrogen-bond acceptors (Lipinski definition) is 5. The number of aromatic nitrogens is 2. The Hall–Kier alpha value is -2.96. The van der Waals surface area contributed by atoms with Gasteiger partial charge in [-0.25, -0.2) is 9.97 Å². The second-order valence-corrected chi connectivity index (χ2v) is 7.18. The standard InChI is InChI=1S/C22H21ClN4O2/c23-19-7-1-16(2-8-19)14-24-22(28)18-5-3-17(4-6-18)20-13-21(26-15-25-20)27-9-11-29-12-10-27/h1-8,13,15H,9-12,14H2,(H,24,28). The van der Waals surface area contributed by atoms with Crippen molar-refractivity contribution in [2.24, 2.45) is 0 Å². The topological polar surface area (TPSA) is 67.4 Å². The van der Waals surface area contributed by atoms with Gasteiger partial charge in [0, 0.05) is 41.9 Å². The van der Waals surface area contributed by atoms with Crippen LogP contribution >= 0.6 is 11.6 Å². The molecular weight excluding hydrogens is 388 g/mol. The van der Waals surface area contributed by atoms with E-state index in [0.717, 1.165) is 35.7 Å². The van der Waals surface area contributed by atoms with Crippen molar-refractivity contribution >= 4 is 23.3 Å². The minimum atomic E-state index is -0.122. The Balaban J connectivity index is 1.42. The fourth-order valence-corrected chi connectivity index (χ4v) is 3.28. The number of nitrogens with one attached hydrogen (secondary N) is 1. The number of amides is 1. The first-order valence-electron chi connectivity index (χ1n) is 9.47. The second-order valence-electron chi connectivity index (χ2n) is 6.75. The van der Waals surface area contributed by atoms with Crippen LogP contribution in [0.15, 0.2) is 60.9 Å². The van der Waals surface area contributed by atoms with Gasteiger partial charge in [0.25, 0.3) is 5.91 Å². The molecule has 7 heteroatoms. The molecule has 1 amide bonds.